The van der Waals surface area contributed by atoms with Gasteiger partial charge in [0.2, 0.25) is 5.95 Å². The van der Waals surface area contributed by atoms with Crippen LogP contribution < -0.4 is 10.2 Å². The predicted molar refractivity (Wildman–Crippen MR) is 154 cm³/mol. The summed E-state index contributed by atoms with van der Waals surface area (Å²) in [5.74, 6) is 0.237. The monoisotopic (exact) mass is 557 g/mol. The number of likely N-dealkylation sites (tertiary alicyclic amines) is 1. The molecule has 0 bridgehead atoms. The molecule has 1 aliphatic rings. The zero-order valence-corrected chi connectivity index (χ0v) is 23.5. The first-order chi connectivity index (χ1) is 19.7. The maximum absolute atomic E-state index is 13.2. The van der Waals surface area contributed by atoms with E-state index in [9.17, 15) is 20.0 Å². The summed E-state index contributed by atoms with van der Waals surface area (Å²) in [5.41, 5.74) is 5.25. The smallest absolute Gasteiger partial charge is 0.272 e. The highest BCUT2D eigenvalue weighted by Crippen LogP contribution is 2.28. The summed E-state index contributed by atoms with van der Waals surface area (Å²) in [6.45, 7) is 3.49. The van der Waals surface area contributed by atoms with E-state index in [1.54, 1.807) is 41.4 Å². The molecule has 2 N–H and O–H groups in total. The second kappa shape index (κ2) is 13.7. The number of nitrogens with one attached hydrogen (secondary N) is 1. The Bertz CT molecular complexity index is 1380. The van der Waals surface area contributed by atoms with E-state index in [1.807, 2.05) is 43.3 Å². The summed E-state index contributed by atoms with van der Waals surface area (Å²) in [5, 5.41) is 20.9. The minimum Gasteiger partial charge on any atom is -0.489 e. The third-order valence-corrected chi connectivity index (χ3v) is 6.73. The summed E-state index contributed by atoms with van der Waals surface area (Å²) < 4.78 is 6.13. The number of hydrazine groups is 1. The lowest BCUT2D eigenvalue weighted by Crippen LogP contribution is -2.45. The number of amides is 2. The summed E-state index contributed by atoms with van der Waals surface area (Å²) in [6.07, 6.45) is 1.65. The molecule has 2 heterocycles. The number of benzene rings is 2. The first kappa shape index (κ1) is 29.5. The van der Waals surface area contributed by atoms with E-state index in [0.717, 1.165) is 0 Å². The fraction of sp³-hybridized carbons (Fsp3) is 0.367. The number of aliphatic hydroxyl groups excluding tert-OH is 1. The minimum absolute atomic E-state index is 0.142. The molecule has 214 valence electrons. The number of nitrogens with zero attached hydrogens (tertiary/aromatic N) is 6. The fourth-order valence-electron chi connectivity index (χ4n) is 4.46. The van der Waals surface area contributed by atoms with Gasteiger partial charge < -0.3 is 19.6 Å². The van der Waals surface area contributed by atoms with Crippen molar-refractivity contribution in [2.24, 2.45) is 0 Å². The molecule has 0 spiro atoms. The normalized spacial score (nSPS) is 14.3. The molecule has 0 saturated carbocycles. The van der Waals surface area contributed by atoms with Crippen LogP contribution in [0.3, 0.4) is 0 Å². The van der Waals surface area contributed by atoms with Crippen LogP contribution in [0, 0.1) is 11.3 Å². The Hall–Kier alpha value is -4.53. The van der Waals surface area contributed by atoms with Gasteiger partial charge in [-0.15, -0.1) is 0 Å². The number of piperidine rings is 1. The molecule has 0 aliphatic carbocycles. The number of aliphatic hydroxyl groups is 1. The van der Waals surface area contributed by atoms with E-state index >= 15 is 0 Å². The van der Waals surface area contributed by atoms with Gasteiger partial charge in [0.15, 0.2) is 0 Å². The number of hydrogen-bond donors (Lipinski definition) is 2. The lowest BCUT2D eigenvalue weighted by Gasteiger charge is -2.33. The zero-order valence-electron chi connectivity index (χ0n) is 23.5. The Balaban J connectivity index is 1.47. The summed E-state index contributed by atoms with van der Waals surface area (Å²) >= 11 is 0. The molecule has 1 aliphatic heterocycles. The standard InChI is InChI=1S/C30H35N7O4/c1-21(38)28(39)36-15-12-25(13-16-36)41-27-10-9-23(19-24(27)20-31)26-11-14-32-30(33-26)34-37(18-17-35(2)3)29(40)22-7-5-4-6-8-22/h4-11,14,19,21,25,38H,12-13,15-18H2,1-3H3,(H,32,33,34)/t21-/m0/s1. The fourth-order valence-corrected chi connectivity index (χ4v) is 4.46. The van der Waals surface area contributed by atoms with E-state index in [-0.39, 0.29) is 23.9 Å². The van der Waals surface area contributed by atoms with E-state index < -0.39 is 6.10 Å². The summed E-state index contributed by atoms with van der Waals surface area (Å²) in [7, 11) is 3.87. The molecule has 11 heteroatoms. The van der Waals surface area contributed by atoms with Gasteiger partial charge in [-0.2, -0.15) is 5.26 Å². The summed E-state index contributed by atoms with van der Waals surface area (Å²) in [6, 6.07) is 18.2. The molecule has 2 aromatic carbocycles. The highest BCUT2D eigenvalue weighted by atomic mass is 16.5. The van der Waals surface area contributed by atoms with E-state index in [4.69, 9.17) is 4.74 Å². The van der Waals surface area contributed by atoms with Gasteiger partial charge in [0.25, 0.3) is 11.8 Å². The molecule has 1 saturated heterocycles. The van der Waals surface area contributed by atoms with Crippen LogP contribution in [0.25, 0.3) is 11.3 Å². The van der Waals surface area contributed by atoms with E-state index in [2.05, 4.69) is 21.5 Å². The van der Waals surface area contributed by atoms with Crippen molar-refractivity contribution in [3.05, 3.63) is 71.9 Å². The van der Waals surface area contributed by atoms with Gasteiger partial charge in [-0.25, -0.2) is 15.0 Å². The minimum atomic E-state index is -1.02. The first-order valence-corrected chi connectivity index (χ1v) is 13.5. The molecule has 2 amide bonds. The van der Waals surface area contributed by atoms with Crippen LogP contribution in [0.15, 0.2) is 60.8 Å². The Morgan fingerprint density at radius 2 is 1.88 bits per heavy atom. The largest absolute Gasteiger partial charge is 0.489 e. The zero-order chi connectivity index (χ0) is 29.4. The SMILES string of the molecule is C[C@H](O)C(=O)N1CCC(Oc2ccc(-c3ccnc(NN(CCN(C)C)C(=O)c4ccccc4)n3)cc2C#N)CC1. The maximum atomic E-state index is 13.2. The Morgan fingerprint density at radius 1 is 1.15 bits per heavy atom. The van der Waals surface area contributed by atoms with Crippen molar-refractivity contribution in [3.63, 3.8) is 0 Å². The number of aromatic nitrogens is 2. The van der Waals surface area contributed by atoms with Gasteiger partial charge >= 0.3 is 0 Å². The van der Waals surface area contributed by atoms with Crippen LogP contribution in [0.4, 0.5) is 5.95 Å². The number of carbonyl (C=O) groups excluding carboxylic acids is 2. The molecule has 1 fully saturated rings. The first-order valence-electron chi connectivity index (χ1n) is 13.5. The van der Waals surface area contributed by atoms with E-state index in [0.29, 0.717) is 67.2 Å². The third kappa shape index (κ3) is 7.78. The topological polar surface area (TPSA) is 135 Å². The molecule has 11 nitrogen and oxygen atoms in total. The quantitative estimate of drug-likeness (QED) is 0.361. The average Bonchev–Trinajstić information content (AvgIpc) is 2.99. The number of anilines is 1. The number of nitriles is 1. The van der Waals surface area contributed by atoms with Crippen LogP contribution in [0.5, 0.6) is 5.75 Å². The van der Waals surface area contributed by atoms with Crippen LogP contribution in [-0.4, -0.2) is 94.2 Å². The van der Waals surface area contributed by atoms with Crippen molar-refractivity contribution in [3.8, 4) is 23.1 Å². The average molecular weight is 558 g/mol. The summed E-state index contributed by atoms with van der Waals surface area (Å²) in [4.78, 5) is 37.8. The highest BCUT2D eigenvalue weighted by molar-refractivity contribution is 5.94. The number of hydrogen-bond acceptors (Lipinski definition) is 9. The molecule has 1 aromatic heterocycles. The Labute approximate surface area is 240 Å². The number of likely N-dealkylation sites (N-methyl/N-ethyl adjacent to an activating group) is 1. The van der Waals surface area contributed by atoms with Gasteiger partial charge in [0.1, 0.15) is 24.0 Å². The Morgan fingerprint density at radius 3 is 2.54 bits per heavy atom. The van der Waals surface area contributed by atoms with Crippen LogP contribution >= 0.6 is 0 Å². The lowest BCUT2D eigenvalue weighted by molar-refractivity contribution is -0.141. The Kier molecular flexibility index (Phi) is 9.84. The number of carbonyl (C=O) groups is 2. The third-order valence-electron chi connectivity index (χ3n) is 6.73. The van der Waals surface area contributed by atoms with Crippen molar-refractivity contribution in [1.82, 2.24) is 24.8 Å². The highest BCUT2D eigenvalue weighted by Gasteiger charge is 2.26. The second-order valence-electron chi connectivity index (χ2n) is 10.1. The molecule has 0 radical (unpaired) electrons. The van der Waals surface area contributed by atoms with Gasteiger partial charge in [-0.05, 0) is 57.4 Å². The molecular weight excluding hydrogens is 522 g/mol. The molecule has 4 rings (SSSR count). The second-order valence-corrected chi connectivity index (χ2v) is 10.1. The molecule has 0 unspecified atom stereocenters. The molecule has 1 atom stereocenters. The van der Waals surface area contributed by atoms with Gasteiger partial charge in [-0.3, -0.25) is 15.0 Å². The van der Waals surface area contributed by atoms with Crippen molar-refractivity contribution in [1.29, 1.82) is 5.26 Å². The maximum Gasteiger partial charge on any atom is 0.272 e. The van der Waals surface area contributed by atoms with Crippen LogP contribution in [0.2, 0.25) is 0 Å². The van der Waals surface area contributed by atoms with Crippen molar-refractivity contribution in [2.75, 3.05) is 45.7 Å². The van der Waals surface area contributed by atoms with Crippen molar-refractivity contribution < 1.29 is 19.4 Å². The van der Waals surface area contributed by atoms with Gasteiger partial charge in [0.05, 0.1) is 17.8 Å². The van der Waals surface area contributed by atoms with Crippen molar-refractivity contribution in [2.45, 2.75) is 32.0 Å². The van der Waals surface area contributed by atoms with Gasteiger partial charge in [0, 0.05) is 49.8 Å². The molecule has 41 heavy (non-hydrogen) atoms. The number of ether oxygens (including phenoxy) is 1. The molecular formula is C30H35N7O4. The van der Waals surface area contributed by atoms with Crippen molar-refractivity contribution >= 4 is 17.8 Å². The molecule has 3 aromatic rings. The van der Waals surface area contributed by atoms with Crippen LogP contribution in [-0.2, 0) is 4.79 Å². The lowest BCUT2D eigenvalue weighted by atomic mass is 10.1. The van der Waals surface area contributed by atoms with E-state index in [1.165, 1.54) is 11.9 Å². The number of rotatable bonds is 10. The predicted octanol–water partition coefficient (Wildman–Crippen LogP) is 2.80. The van der Waals surface area contributed by atoms with Gasteiger partial charge in [-0.1, -0.05) is 18.2 Å². The van der Waals surface area contributed by atoms with Crippen LogP contribution in [0.1, 0.15) is 35.7 Å².